The Morgan fingerprint density at radius 3 is 2.50 bits per heavy atom. The minimum absolute atomic E-state index is 0.0642. The molecule has 1 rings (SSSR count). The van der Waals surface area contributed by atoms with E-state index in [0.29, 0.717) is 0 Å². The van der Waals surface area contributed by atoms with Gasteiger partial charge in [-0.1, -0.05) is 12.8 Å². The average Bonchev–Trinajstić information content (AvgIpc) is 2.61. The van der Waals surface area contributed by atoms with Gasteiger partial charge < -0.3 is 16.2 Å². The molecule has 0 spiro atoms. The fraction of sp³-hybridized carbons (Fsp3) is 0.818. The van der Waals surface area contributed by atoms with Gasteiger partial charge in [0.25, 0.3) is 0 Å². The summed E-state index contributed by atoms with van der Waals surface area (Å²) < 4.78 is 0. The van der Waals surface area contributed by atoms with E-state index in [1.54, 1.807) is 0 Å². The first kappa shape index (κ1) is 13.0. The van der Waals surface area contributed by atoms with E-state index in [-0.39, 0.29) is 24.3 Å². The largest absolute Gasteiger partial charge is 0.481 e. The quantitative estimate of drug-likeness (QED) is 0.643. The minimum atomic E-state index is -0.921. The second kappa shape index (κ2) is 5.30. The van der Waals surface area contributed by atoms with Crippen LogP contribution in [0.3, 0.4) is 0 Å². The molecule has 0 aromatic heterocycles. The number of aliphatic carboxylic acids is 1. The first-order chi connectivity index (χ1) is 7.43. The molecule has 1 atom stereocenters. The maximum atomic E-state index is 11.7. The molecule has 5 heteroatoms. The Labute approximate surface area is 95.4 Å². The summed E-state index contributed by atoms with van der Waals surface area (Å²) in [6, 6.07) is -0.714. The van der Waals surface area contributed by atoms with E-state index < -0.39 is 12.0 Å². The molecule has 0 radical (unpaired) electrons. The summed E-state index contributed by atoms with van der Waals surface area (Å²) in [4.78, 5) is 22.0. The molecule has 1 aliphatic rings. The van der Waals surface area contributed by atoms with Gasteiger partial charge in [0.15, 0.2) is 0 Å². The Bertz CT molecular complexity index is 272. The number of carboxylic acids is 1. The van der Waals surface area contributed by atoms with E-state index in [1.165, 1.54) is 0 Å². The van der Waals surface area contributed by atoms with Crippen LogP contribution < -0.4 is 11.1 Å². The van der Waals surface area contributed by atoms with E-state index in [4.69, 9.17) is 10.8 Å². The maximum Gasteiger partial charge on any atom is 0.303 e. The van der Waals surface area contributed by atoms with E-state index in [9.17, 15) is 9.59 Å². The molecule has 1 amide bonds. The van der Waals surface area contributed by atoms with Crippen LogP contribution in [0.15, 0.2) is 0 Å². The van der Waals surface area contributed by atoms with Gasteiger partial charge in [-0.05, 0) is 26.2 Å². The molecule has 16 heavy (non-hydrogen) atoms. The molecular formula is C11H20N2O3. The molecule has 1 saturated carbocycles. The molecule has 0 heterocycles. The second-order valence-electron chi connectivity index (χ2n) is 4.80. The Morgan fingerprint density at radius 1 is 1.44 bits per heavy atom. The van der Waals surface area contributed by atoms with Crippen LogP contribution in [0.1, 0.15) is 45.4 Å². The highest BCUT2D eigenvalue weighted by atomic mass is 16.4. The van der Waals surface area contributed by atoms with Crippen LogP contribution in [0.4, 0.5) is 0 Å². The number of nitrogens with one attached hydrogen (secondary N) is 1. The van der Waals surface area contributed by atoms with Gasteiger partial charge in [0.1, 0.15) is 0 Å². The van der Waals surface area contributed by atoms with Gasteiger partial charge in [-0.3, -0.25) is 9.59 Å². The molecule has 1 aliphatic carbocycles. The number of carbonyl (C=O) groups excluding carboxylic acids is 1. The highest BCUT2D eigenvalue weighted by molar-refractivity contribution is 5.82. The number of hydrogen-bond donors (Lipinski definition) is 3. The lowest BCUT2D eigenvalue weighted by molar-refractivity contribution is -0.137. The van der Waals surface area contributed by atoms with Crippen LogP contribution in [0.5, 0.6) is 0 Å². The summed E-state index contributed by atoms with van der Waals surface area (Å²) in [6.45, 7) is 2.02. The molecule has 0 aliphatic heterocycles. The summed E-state index contributed by atoms with van der Waals surface area (Å²) in [5, 5.41) is 11.4. The highest BCUT2D eigenvalue weighted by Crippen LogP contribution is 2.28. The van der Waals surface area contributed by atoms with E-state index in [0.717, 1.165) is 25.7 Å². The zero-order valence-electron chi connectivity index (χ0n) is 9.66. The zero-order chi connectivity index (χ0) is 12.2. The summed E-state index contributed by atoms with van der Waals surface area (Å²) in [5.74, 6) is -1.15. The predicted molar refractivity (Wildman–Crippen MR) is 59.9 cm³/mol. The third kappa shape index (κ3) is 3.81. The van der Waals surface area contributed by atoms with Crippen molar-refractivity contribution in [1.29, 1.82) is 0 Å². The molecule has 0 bridgehead atoms. The standard InChI is InChI=1S/C11H20N2O3/c1-11(6-2-3-7-11)13-10(16)8(12)4-5-9(14)15/h8H,2-7,12H2,1H3,(H,13,16)(H,14,15). The van der Waals surface area contributed by atoms with Crippen molar-refractivity contribution < 1.29 is 14.7 Å². The van der Waals surface area contributed by atoms with Crippen LogP contribution in [0.25, 0.3) is 0 Å². The number of carboxylic acid groups (broad SMARTS) is 1. The lowest BCUT2D eigenvalue weighted by atomic mass is 9.99. The van der Waals surface area contributed by atoms with E-state index >= 15 is 0 Å². The SMILES string of the molecule is CC1(NC(=O)C(N)CCC(=O)O)CCCC1. The first-order valence-electron chi connectivity index (χ1n) is 5.72. The zero-order valence-corrected chi connectivity index (χ0v) is 9.66. The number of hydrogen-bond acceptors (Lipinski definition) is 3. The Hall–Kier alpha value is -1.10. The van der Waals surface area contributed by atoms with Crippen LogP contribution in [0.2, 0.25) is 0 Å². The molecule has 0 aromatic rings. The Balaban J connectivity index is 2.36. The predicted octanol–water partition coefficient (Wildman–Crippen LogP) is 0.627. The van der Waals surface area contributed by atoms with Crippen LogP contribution in [0, 0.1) is 0 Å². The summed E-state index contributed by atoms with van der Waals surface area (Å²) in [7, 11) is 0. The van der Waals surface area contributed by atoms with Gasteiger partial charge in [0.05, 0.1) is 6.04 Å². The van der Waals surface area contributed by atoms with Gasteiger partial charge in [0, 0.05) is 12.0 Å². The maximum absolute atomic E-state index is 11.7. The molecule has 92 valence electrons. The summed E-state index contributed by atoms with van der Waals surface area (Å²) in [5.41, 5.74) is 5.49. The highest BCUT2D eigenvalue weighted by Gasteiger charge is 2.31. The van der Waals surface area contributed by atoms with Crippen molar-refractivity contribution in [1.82, 2.24) is 5.32 Å². The molecule has 0 aromatic carbocycles. The Morgan fingerprint density at radius 2 is 2.00 bits per heavy atom. The molecule has 1 unspecified atom stereocenters. The molecule has 5 nitrogen and oxygen atoms in total. The first-order valence-corrected chi connectivity index (χ1v) is 5.72. The molecule has 4 N–H and O–H groups in total. The van der Waals surface area contributed by atoms with Crippen molar-refractivity contribution in [3.05, 3.63) is 0 Å². The molecular weight excluding hydrogens is 208 g/mol. The number of rotatable bonds is 5. The topological polar surface area (TPSA) is 92.4 Å². The van der Waals surface area contributed by atoms with Crippen LogP contribution in [-0.2, 0) is 9.59 Å². The summed E-state index contributed by atoms with van der Waals surface area (Å²) in [6.07, 6.45) is 4.33. The lowest BCUT2D eigenvalue weighted by Crippen LogP contribution is -2.50. The molecule has 0 saturated heterocycles. The normalized spacial score (nSPS) is 20.4. The van der Waals surface area contributed by atoms with E-state index in [2.05, 4.69) is 5.32 Å². The minimum Gasteiger partial charge on any atom is -0.481 e. The Kier molecular flexibility index (Phi) is 4.29. The lowest BCUT2D eigenvalue weighted by Gasteiger charge is -2.27. The van der Waals surface area contributed by atoms with Crippen molar-refractivity contribution in [3.63, 3.8) is 0 Å². The van der Waals surface area contributed by atoms with Crippen molar-refractivity contribution >= 4 is 11.9 Å². The number of amides is 1. The fourth-order valence-electron chi connectivity index (χ4n) is 2.08. The van der Waals surface area contributed by atoms with Gasteiger partial charge in [-0.2, -0.15) is 0 Å². The number of nitrogens with two attached hydrogens (primary N) is 1. The van der Waals surface area contributed by atoms with Gasteiger partial charge >= 0.3 is 5.97 Å². The molecule has 1 fully saturated rings. The second-order valence-corrected chi connectivity index (χ2v) is 4.80. The van der Waals surface area contributed by atoms with Crippen LogP contribution in [-0.4, -0.2) is 28.6 Å². The van der Waals surface area contributed by atoms with E-state index in [1.807, 2.05) is 6.92 Å². The van der Waals surface area contributed by atoms with Crippen LogP contribution >= 0.6 is 0 Å². The van der Waals surface area contributed by atoms with Crippen molar-refractivity contribution in [3.8, 4) is 0 Å². The third-order valence-corrected chi connectivity index (χ3v) is 3.14. The fourth-order valence-corrected chi connectivity index (χ4v) is 2.08. The van der Waals surface area contributed by atoms with Gasteiger partial charge in [0.2, 0.25) is 5.91 Å². The monoisotopic (exact) mass is 228 g/mol. The smallest absolute Gasteiger partial charge is 0.303 e. The van der Waals surface area contributed by atoms with Gasteiger partial charge in [-0.15, -0.1) is 0 Å². The summed E-state index contributed by atoms with van der Waals surface area (Å²) >= 11 is 0. The third-order valence-electron chi connectivity index (χ3n) is 3.14. The number of carbonyl (C=O) groups is 2. The van der Waals surface area contributed by atoms with Crippen molar-refractivity contribution in [2.45, 2.75) is 57.0 Å². The van der Waals surface area contributed by atoms with Gasteiger partial charge in [-0.25, -0.2) is 0 Å². The average molecular weight is 228 g/mol. The van der Waals surface area contributed by atoms with Crippen molar-refractivity contribution in [2.75, 3.05) is 0 Å². The van der Waals surface area contributed by atoms with Crippen molar-refractivity contribution in [2.24, 2.45) is 5.73 Å².